The Morgan fingerprint density at radius 1 is 1.45 bits per heavy atom. The van der Waals surface area contributed by atoms with Crippen molar-refractivity contribution in [3.05, 3.63) is 4.88 Å². The van der Waals surface area contributed by atoms with Crippen LogP contribution >= 0.6 is 11.3 Å². The van der Waals surface area contributed by atoms with Crippen molar-refractivity contribution in [2.45, 2.75) is 26.8 Å². The molecule has 0 saturated carbocycles. The fraction of sp³-hybridized carbons (Fsp3) is 0.692. The van der Waals surface area contributed by atoms with Crippen LogP contribution in [0.3, 0.4) is 0 Å². The quantitative estimate of drug-likeness (QED) is 0.829. The van der Waals surface area contributed by atoms with Gasteiger partial charge in [0.1, 0.15) is 10.7 Å². The fourth-order valence-corrected chi connectivity index (χ4v) is 2.86. The Bertz CT molecular complexity index is 450. The minimum Gasteiger partial charge on any atom is -0.383 e. The first-order valence-corrected chi connectivity index (χ1v) is 7.55. The number of nitrogens with two attached hydrogens (primary N) is 1. The average Bonchev–Trinajstić information content (AvgIpc) is 2.81. The van der Waals surface area contributed by atoms with Gasteiger partial charge in [-0.3, -0.25) is 4.79 Å². The zero-order valence-electron chi connectivity index (χ0n) is 12.8. The third kappa shape index (κ3) is 3.61. The lowest BCUT2D eigenvalue weighted by molar-refractivity contribution is 0.0584. The summed E-state index contributed by atoms with van der Waals surface area (Å²) in [6.07, 6.45) is 0. The van der Waals surface area contributed by atoms with E-state index < -0.39 is 0 Å². The molecular weight excluding hydrogens is 276 g/mol. The smallest absolute Gasteiger partial charge is 0.268 e. The van der Waals surface area contributed by atoms with Gasteiger partial charge in [0.25, 0.3) is 5.91 Å². The largest absolute Gasteiger partial charge is 0.383 e. The molecule has 2 N–H and O–H groups in total. The first-order valence-electron chi connectivity index (χ1n) is 6.73. The number of hydrogen-bond acceptors (Lipinski definition) is 6. The number of anilines is 2. The van der Waals surface area contributed by atoms with Crippen LogP contribution in [0.25, 0.3) is 0 Å². The van der Waals surface area contributed by atoms with Crippen molar-refractivity contribution in [1.29, 1.82) is 0 Å². The maximum atomic E-state index is 12.6. The number of carbonyl (C=O) groups excluding carboxylic acids is 1. The summed E-state index contributed by atoms with van der Waals surface area (Å²) in [5, 5.41) is 0.767. The van der Waals surface area contributed by atoms with Crippen LogP contribution in [0.1, 0.15) is 30.4 Å². The number of nitrogens with zero attached hydrogens (tertiary/aromatic N) is 3. The highest BCUT2D eigenvalue weighted by Gasteiger charge is 2.25. The number of carbonyl (C=O) groups is 1. The molecule has 0 bridgehead atoms. The zero-order valence-corrected chi connectivity index (χ0v) is 13.7. The normalized spacial score (nSPS) is 12.2. The summed E-state index contributed by atoms with van der Waals surface area (Å²) >= 11 is 1.34. The molecule has 0 radical (unpaired) electrons. The summed E-state index contributed by atoms with van der Waals surface area (Å²) in [5.74, 6) is 0.223. The van der Waals surface area contributed by atoms with Gasteiger partial charge in [-0.2, -0.15) is 0 Å². The number of rotatable bonds is 7. The molecule has 0 fully saturated rings. The summed E-state index contributed by atoms with van der Waals surface area (Å²) in [6, 6.07) is 0.00588. The lowest BCUT2D eigenvalue weighted by Gasteiger charge is -2.27. The van der Waals surface area contributed by atoms with E-state index in [1.54, 1.807) is 12.0 Å². The van der Waals surface area contributed by atoms with Crippen molar-refractivity contribution in [2.75, 3.05) is 44.5 Å². The molecule has 1 heterocycles. The standard InChI is InChI=1S/C13H24N4O2S/c1-6-16(4)13-15-11(14)10(20-13)12(18)17(7-2)9(3)8-19-5/h9H,6-8,14H2,1-5H3. The van der Waals surface area contributed by atoms with Crippen molar-refractivity contribution >= 4 is 28.2 Å². The highest BCUT2D eigenvalue weighted by molar-refractivity contribution is 7.18. The Hall–Kier alpha value is -1.34. The molecule has 0 aromatic carbocycles. The Balaban J connectivity index is 2.98. The summed E-state index contributed by atoms with van der Waals surface area (Å²) < 4.78 is 5.12. The summed E-state index contributed by atoms with van der Waals surface area (Å²) in [6.45, 7) is 7.86. The van der Waals surface area contributed by atoms with Crippen LogP contribution in [0.5, 0.6) is 0 Å². The molecule has 6 nitrogen and oxygen atoms in total. The second-order valence-electron chi connectivity index (χ2n) is 4.62. The van der Waals surface area contributed by atoms with Gasteiger partial charge in [0, 0.05) is 27.2 Å². The third-order valence-corrected chi connectivity index (χ3v) is 4.35. The number of likely N-dealkylation sites (N-methyl/N-ethyl adjacent to an activating group) is 1. The minimum absolute atomic E-state index is 0.00588. The molecule has 1 aromatic rings. The lowest BCUT2D eigenvalue weighted by atomic mass is 10.2. The minimum atomic E-state index is -0.0807. The molecular formula is C13H24N4O2S. The SMILES string of the molecule is CCN(C)c1nc(N)c(C(=O)N(CC)C(C)COC)s1. The maximum absolute atomic E-state index is 12.6. The highest BCUT2D eigenvalue weighted by atomic mass is 32.1. The van der Waals surface area contributed by atoms with Crippen LogP contribution in [0.2, 0.25) is 0 Å². The van der Waals surface area contributed by atoms with Crippen LogP contribution in [0.15, 0.2) is 0 Å². The van der Waals surface area contributed by atoms with E-state index in [0.717, 1.165) is 11.7 Å². The number of hydrogen-bond donors (Lipinski definition) is 1. The number of aromatic nitrogens is 1. The van der Waals surface area contributed by atoms with E-state index in [1.165, 1.54) is 11.3 Å². The first kappa shape index (κ1) is 16.7. The molecule has 20 heavy (non-hydrogen) atoms. The van der Waals surface area contributed by atoms with Gasteiger partial charge in [0.15, 0.2) is 5.13 Å². The highest BCUT2D eigenvalue weighted by Crippen LogP contribution is 2.28. The summed E-state index contributed by atoms with van der Waals surface area (Å²) in [7, 11) is 3.56. The Morgan fingerprint density at radius 3 is 2.60 bits per heavy atom. The van der Waals surface area contributed by atoms with Crippen LogP contribution in [0.4, 0.5) is 10.9 Å². The van der Waals surface area contributed by atoms with E-state index in [-0.39, 0.29) is 11.9 Å². The molecule has 0 aliphatic carbocycles. The topological polar surface area (TPSA) is 71.7 Å². The van der Waals surface area contributed by atoms with Gasteiger partial charge >= 0.3 is 0 Å². The number of amides is 1. The van der Waals surface area contributed by atoms with Gasteiger partial charge in [-0.25, -0.2) is 4.98 Å². The molecule has 1 unspecified atom stereocenters. The molecule has 0 aliphatic rings. The molecule has 114 valence electrons. The molecule has 0 aliphatic heterocycles. The van der Waals surface area contributed by atoms with Gasteiger partial charge in [-0.1, -0.05) is 11.3 Å². The van der Waals surface area contributed by atoms with Crippen molar-refractivity contribution in [3.63, 3.8) is 0 Å². The molecule has 0 saturated heterocycles. The molecule has 0 spiro atoms. The zero-order chi connectivity index (χ0) is 15.3. The predicted molar refractivity (Wildman–Crippen MR) is 83.5 cm³/mol. The average molecular weight is 300 g/mol. The van der Waals surface area contributed by atoms with Crippen molar-refractivity contribution in [2.24, 2.45) is 0 Å². The van der Waals surface area contributed by atoms with E-state index in [1.807, 2.05) is 32.7 Å². The molecule has 1 amide bonds. The molecule has 1 aromatic heterocycles. The van der Waals surface area contributed by atoms with E-state index in [0.29, 0.717) is 23.8 Å². The van der Waals surface area contributed by atoms with E-state index in [9.17, 15) is 4.79 Å². The van der Waals surface area contributed by atoms with Crippen LogP contribution in [-0.2, 0) is 4.74 Å². The molecule has 7 heteroatoms. The van der Waals surface area contributed by atoms with Gasteiger partial charge in [0.2, 0.25) is 0 Å². The van der Waals surface area contributed by atoms with E-state index in [2.05, 4.69) is 4.98 Å². The number of ether oxygens (including phenoxy) is 1. The first-order chi connectivity index (χ1) is 9.46. The molecule has 1 rings (SSSR count). The van der Waals surface area contributed by atoms with Crippen molar-refractivity contribution in [3.8, 4) is 0 Å². The van der Waals surface area contributed by atoms with E-state index >= 15 is 0 Å². The van der Waals surface area contributed by atoms with Crippen molar-refractivity contribution < 1.29 is 9.53 Å². The fourth-order valence-electron chi connectivity index (χ4n) is 1.89. The van der Waals surface area contributed by atoms with Gasteiger partial charge in [-0.05, 0) is 20.8 Å². The maximum Gasteiger partial charge on any atom is 0.268 e. The van der Waals surface area contributed by atoms with Crippen LogP contribution < -0.4 is 10.6 Å². The molecule has 1 atom stereocenters. The third-order valence-electron chi connectivity index (χ3n) is 3.18. The number of thiazole rings is 1. The Labute approximate surface area is 124 Å². The van der Waals surface area contributed by atoms with Crippen LogP contribution in [-0.4, -0.2) is 55.7 Å². The van der Waals surface area contributed by atoms with Crippen LogP contribution in [0, 0.1) is 0 Å². The Morgan fingerprint density at radius 2 is 2.10 bits per heavy atom. The number of methoxy groups -OCH3 is 1. The second-order valence-corrected chi connectivity index (χ2v) is 5.60. The number of nitrogen functional groups attached to an aromatic ring is 1. The van der Waals surface area contributed by atoms with E-state index in [4.69, 9.17) is 10.5 Å². The van der Waals surface area contributed by atoms with Crippen molar-refractivity contribution in [1.82, 2.24) is 9.88 Å². The van der Waals surface area contributed by atoms with Gasteiger partial charge < -0.3 is 20.3 Å². The monoisotopic (exact) mass is 300 g/mol. The lowest BCUT2D eigenvalue weighted by Crippen LogP contribution is -2.40. The Kier molecular flexibility index (Phi) is 6.22. The summed E-state index contributed by atoms with van der Waals surface area (Å²) in [5.41, 5.74) is 5.90. The summed E-state index contributed by atoms with van der Waals surface area (Å²) in [4.78, 5) is 21.1. The van der Waals surface area contributed by atoms with Gasteiger partial charge in [-0.15, -0.1) is 0 Å². The van der Waals surface area contributed by atoms with Gasteiger partial charge in [0.05, 0.1) is 12.6 Å². The second kappa shape index (κ2) is 7.44. The predicted octanol–water partition coefficient (Wildman–Crippen LogP) is 1.68.